The lowest BCUT2D eigenvalue weighted by Crippen LogP contribution is -2.54. The molecule has 1 rings (SSSR count). The molecule has 1 aromatic rings. The minimum atomic E-state index is -0.910. The van der Waals surface area contributed by atoms with Gasteiger partial charge in [-0.2, -0.15) is 0 Å². The molecule has 6 N–H and O–H groups in total. The van der Waals surface area contributed by atoms with E-state index in [2.05, 4.69) is 26.0 Å². The summed E-state index contributed by atoms with van der Waals surface area (Å²) in [4.78, 5) is 61.4. The molecule has 0 saturated heterocycles. The molecule has 1 heterocycles. The zero-order valence-corrected chi connectivity index (χ0v) is 23.2. The Bertz CT molecular complexity index is 958. The molecule has 0 bridgehead atoms. The van der Waals surface area contributed by atoms with Crippen LogP contribution in [0, 0.1) is 5.92 Å². The van der Waals surface area contributed by atoms with Gasteiger partial charge in [-0.15, -0.1) is 11.3 Å². The van der Waals surface area contributed by atoms with Gasteiger partial charge in [-0.1, -0.05) is 13.8 Å². The van der Waals surface area contributed by atoms with Crippen molar-refractivity contribution in [3.63, 3.8) is 0 Å². The van der Waals surface area contributed by atoms with E-state index >= 15 is 0 Å². The van der Waals surface area contributed by atoms with Crippen LogP contribution in [0.15, 0.2) is 12.1 Å². The van der Waals surface area contributed by atoms with Crippen molar-refractivity contribution in [3.8, 4) is 0 Å². The van der Waals surface area contributed by atoms with E-state index in [1.165, 1.54) is 14.0 Å². The maximum atomic E-state index is 12.7. The number of carbonyl (C=O) groups excluding carboxylic acids is 5. The summed E-state index contributed by atoms with van der Waals surface area (Å²) in [7, 11) is 1.26. The highest BCUT2D eigenvalue weighted by molar-refractivity contribution is 7.18. The van der Waals surface area contributed by atoms with Gasteiger partial charge >= 0.3 is 12.1 Å². The molecule has 3 atom stereocenters. The number of rotatable bonds is 12. The van der Waals surface area contributed by atoms with E-state index < -0.39 is 47.6 Å². The van der Waals surface area contributed by atoms with E-state index in [9.17, 15) is 24.0 Å². The quantitative estimate of drug-likeness (QED) is 0.196. The van der Waals surface area contributed by atoms with Crippen LogP contribution in [0.3, 0.4) is 0 Å². The molecular weight excluding hydrogens is 502 g/mol. The Kier molecular flexibility index (Phi) is 12.5. The predicted octanol–water partition coefficient (Wildman–Crippen LogP) is 1.75. The molecule has 0 spiro atoms. The standard InChI is InChI=1S/C24H39N5O7S/c1-13(2)18(29-23(34)36-24(4,5)6)21(32)27-14(3)19(30)28-17-11-10-16(37-17)20(31)26-12-8-9-15(25)22(33)35-7/h10-11,13-15,18H,8-9,12,25H2,1-7H3,(H,26,31)(H,27,32)(H,28,30)(H,29,34)/t14-,15-,18-/m0/s1. The summed E-state index contributed by atoms with van der Waals surface area (Å²) in [5, 5.41) is 11.0. The number of carbonyl (C=O) groups is 5. The maximum Gasteiger partial charge on any atom is 0.408 e. The van der Waals surface area contributed by atoms with Gasteiger partial charge in [-0.3, -0.25) is 19.2 Å². The maximum absolute atomic E-state index is 12.7. The predicted molar refractivity (Wildman–Crippen MR) is 140 cm³/mol. The van der Waals surface area contributed by atoms with Crippen molar-refractivity contribution in [2.75, 3.05) is 19.0 Å². The number of ether oxygens (including phenoxy) is 2. The Labute approximate surface area is 221 Å². The number of alkyl carbamates (subject to hydrolysis) is 1. The average Bonchev–Trinajstić information content (AvgIpc) is 3.26. The van der Waals surface area contributed by atoms with Crippen LogP contribution in [0.5, 0.6) is 0 Å². The molecule has 0 fully saturated rings. The smallest absolute Gasteiger partial charge is 0.408 e. The number of hydrogen-bond donors (Lipinski definition) is 5. The first-order valence-corrected chi connectivity index (χ1v) is 12.8. The summed E-state index contributed by atoms with van der Waals surface area (Å²) >= 11 is 1.07. The normalized spacial score (nSPS) is 13.6. The molecule has 0 unspecified atom stereocenters. The first-order valence-electron chi connectivity index (χ1n) is 12.0. The second-order valence-corrected chi connectivity index (χ2v) is 10.9. The Morgan fingerprint density at radius 2 is 1.68 bits per heavy atom. The van der Waals surface area contributed by atoms with Gasteiger partial charge in [0, 0.05) is 6.54 Å². The first kappa shape index (κ1) is 31.8. The van der Waals surface area contributed by atoms with E-state index in [1.54, 1.807) is 46.8 Å². The van der Waals surface area contributed by atoms with Crippen LogP contribution in [-0.4, -0.2) is 67.2 Å². The summed E-state index contributed by atoms with van der Waals surface area (Å²) in [5.41, 5.74) is 4.94. The van der Waals surface area contributed by atoms with E-state index in [0.717, 1.165) is 11.3 Å². The van der Waals surface area contributed by atoms with Gasteiger partial charge < -0.3 is 36.5 Å². The Morgan fingerprint density at radius 1 is 1.03 bits per heavy atom. The monoisotopic (exact) mass is 541 g/mol. The van der Waals surface area contributed by atoms with E-state index in [-0.39, 0.29) is 11.8 Å². The number of anilines is 1. The van der Waals surface area contributed by atoms with Crippen molar-refractivity contribution in [2.45, 2.75) is 78.1 Å². The van der Waals surface area contributed by atoms with Gasteiger partial charge in [0.2, 0.25) is 11.8 Å². The van der Waals surface area contributed by atoms with Crippen LogP contribution in [0.2, 0.25) is 0 Å². The minimum absolute atomic E-state index is 0.252. The highest BCUT2D eigenvalue weighted by Gasteiger charge is 2.29. The lowest BCUT2D eigenvalue weighted by atomic mass is 10.0. The fraction of sp³-hybridized carbons (Fsp3) is 0.625. The van der Waals surface area contributed by atoms with Crippen LogP contribution in [0.4, 0.5) is 9.80 Å². The fourth-order valence-corrected chi connectivity index (χ4v) is 3.80. The van der Waals surface area contributed by atoms with Crippen molar-refractivity contribution in [2.24, 2.45) is 11.7 Å². The summed E-state index contributed by atoms with van der Waals surface area (Å²) in [6.45, 7) is 10.5. The number of methoxy groups -OCH3 is 1. The molecule has 0 aromatic carbocycles. The molecule has 4 amide bonds. The third-order valence-electron chi connectivity index (χ3n) is 4.93. The zero-order chi connectivity index (χ0) is 28.3. The first-order chi connectivity index (χ1) is 17.1. The van der Waals surface area contributed by atoms with Gasteiger partial charge in [0.05, 0.1) is 17.0 Å². The van der Waals surface area contributed by atoms with Crippen LogP contribution in [0.25, 0.3) is 0 Å². The van der Waals surface area contributed by atoms with Gasteiger partial charge in [0.15, 0.2) is 0 Å². The van der Waals surface area contributed by atoms with Crippen molar-refractivity contribution >= 4 is 46.1 Å². The zero-order valence-electron chi connectivity index (χ0n) is 22.4. The van der Waals surface area contributed by atoms with Gasteiger partial charge in [-0.05, 0) is 58.6 Å². The third-order valence-corrected chi connectivity index (χ3v) is 5.93. The van der Waals surface area contributed by atoms with Gasteiger partial charge in [0.25, 0.3) is 5.91 Å². The molecule has 0 radical (unpaired) electrons. The molecule has 12 nitrogen and oxygen atoms in total. The van der Waals surface area contributed by atoms with Gasteiger partial charge in [0.1, 0.15) is 23.7 Å². The van der Waals surface area contributed by atoms with Crippen molar-refractivity contribution in [3.05, 3.63) is 17.0 Å². The van der Waals surface area contributed by atoms with Crippen molar-refractivity contribution in [1.29, 1.82) is 0 Å². The van der Waals surface area contributed by atoms with Crippen LogP contribution < -0.4 is 27.0 Å². The molecule has 0 aliphatic heterocycles. The van der Waals surface area contributed by atoms with E-state index in [0.29, 0.717) is 29.3 Å². The second kappa shape index (κ2) is 14.5. The highest BCUT2D eigenvalue weighted by atomic mass is 32.1. The van der Waals surface area contributed by atoms with Crippen LogP contribution >= 0.6 is 11.3 Å². The van der Waals surface area contributed by atoms with E-state index in [4.69, 9.17) is 10.5 Å². The number of thiophene rings is 1. The number of nitrogens with two attached hydrogens (primary N) is 1. The largest absolute Gasteiger partial charge is 0.468 e. The molecule has 0 aliphatic rings. The van der Waals surface area contributed by atoms with E-state index in [1.807, 2.05) is 0 Å². The lowest BCUT2D eigenvalue weighted by Gasteiger charge is -2.26. The van der Waals surface area contributed by atoms with Crippen LogP contribution in [0.1, 0.15) is 64.1 Å². The summed E-state index contributed by atoms with van der Waals surface area (Å²) < 4.78 is 9.77. The summed E-state index contributed by atoms with van der Waals surface area (Å²) in [5.74, 6) is -2.10. The number of amides is 4. The topological polar surface area (TPSA) is 178 Å². The molecule has 1 aromatic heterocycles. The lowest BCUT2D eigenvalue weighted by molar-refractivity contribution is -0.142. The number of hydrogen-bond acceptors (Lipinski definition) is 9. The molecule has 0 saturated carbocycles. The molecule has 0 aliphatic carbocycles. The minimum Gasteiger partial charge on any atom is -0.468 e. The highest BCUT2D eigenvalue weighted by Crippen LogP contribution is 2.22. The third kappa shape index (κ3) is 11.6. The fourth-order valence-electron chi connectivity index (χ4n) is 2.98. The van der Waals surface area contributed by atoms with Crippen LogP contribution in [-0.2, 0) is 23.9 Å². The van der Waals surface area contributed by atoms with Gasteiger partial charge in [-0.25, -0.2) is 4.79 Å². The molecule has 208 valence electrons. The summed E-state index contributed by atoms with van der Waals surface area (Å²) in [6, 6.07) is 0.604. The Balaban J connectivity index is 2.58. The van der Waals surface area contributed by atoms with Crippen molar-refractivity contribution in [1.82, 2.24) is 16.0 Å². The molecule has 37 heavy (non-hydrogen) atoms. The Hall–Kier alpha value is -3.19. The van der Waals surface area contributed by atoms with Crippen molar-refractivity contribution < 1.29 is 33.4 Å². The number of nitrogens with one attached hydrogen (secondary N) is 4. The molecule has 13 heteroatoms. The SMILES string of the molecule is COC(=O)[C@@H](N)CCCNC(=O)c1ccc(NC(=O)[C@H](C)NC(=O)[C@@H](NC(=O)OC(C)(C)C)C(C)C)s1. The summed E-state index contributed by atoms with van der Waals surface area (Å²) in [6.07, 6.45) is 0.135. The number of esters is 1. The molecular formula is C24H39N5O7S. The average molecular weight is 542 g/mol. The second-order valence-electron chi connectivity index (χ2n) is 9.78. The Morgan fingerprint density at radius 3 is 2.24 bits per heavy atom.